The van der Waals surface area contributed by atoms with Crippen molar-refractivity contribution in [3.63, 3.8) is 0 Å². The second kappa shape index (κ2) is 9.79. The van der Waals surface area contributed by atoms with E-state index in [2.05, 4.69) is 6.58 Å². The maximum atomic E-state index is 14.2. The first-order chi connectivity index (χ1) is 14.8. The molecule has 0 aliphatic carbocycles. The van der Waals surface area contributed by atoms with Gasteiger partial charge in [0.1, 0.15) is 0 Å². The Morgan fingerprint density at radius 2 is 1.12 bits per heavy atom. The lowest BCUT2D eigenvalue weighted by molar-refractivity contribution is -0.138. The molecule has 2 rings (SSSR count). The van der Waals surface area contributed by atoms with Gasteiger partial charge >= 0.3 is 5.97 Å². The van der Waals surface area contributed by atoms with E-state index >= 15 is 0 Å². The molecule has 0 aliphatic rings. The Balaban J connectivity index is 2.61. The Morgan fingerprint density at radius 3 is 1.44 bits per heavy atom. The summed E-state index contributed by atoms with van der Waals surface area (Å²) in [7, 11) is -4.15. The molecule has 0 fully saturated rings. The molecule has 32 heavy (non-hydrogen) atoms. The number of rotatable bonds is 8. The van der Waals surface area contributed by atoms with E-state index in [0.717, 1.165) is 11.1 Å². The average Bonchev–Trinajstić information content (AvgIpc) is 2.65. The molecule has 0 radical (unpaired) electrons. The van der Waals surface area contributed by atoms with Crippen LogP contribution in [0.5, 0.6) is 0 Å². The standard InChI is InChI=1S/C26H31O5P/c1-15(2)24(27)31-9-10-32(30,25(28)22-18(5)11-16(3)12-19(22)6)26(29)23-20(7)13-17(4)14-21(23)8/h11-14H,1,9-10H2,2-8H3. The van der Waals surface area contributed by atoms with Gasteiger partial charge in [-0.15, -0.1) is 0 Å². The predicted octanol–water partition coefficient (Wildman–Crippen LogP) is 6.00. The van der Waals surface area contributed by atoms with E-state index in [-0.39, 0.29) is 18.3 Å². The monoisotopic (exact) mass is 454 g/mol. The second-order valence-electron chi connectivity index (χ2n) is 8.54. The second-order valence-corrected chi connectivity index (χ2v) is 11.3. The molecule has 0 unspecified atom stereocenters. The molecule has 5 nitrogen and oxygen atoms in total. The average molecular weight is 455 g/mol. The number of ether oxygens (including phenoxy) is 1. The van der Waals surface area contributed by atoms with Crippen molar-refractivity contribution in [1.29, 1.82) is 0 Å². The lowest BCUT2D eigenvalue weighted by Crippen LogP contribution is -2.20. The summed E-state index contributed by atoms with van der Waals surface area (Å²) in [6.07, 6.45) is -0.358. The van der Waals surface area contributed by atoms with Crippen molar-refractivity contribution in [3.8, 4) is 0 Å². The van der Waals surface area contributed by atoms with E-state index in [9.17, 15) is 18.9 Å². The van der Waals surface area contributed by atoms with E-state index in [1.54, 1.807) is 27.7 Å². The first-order valence-corrected chi connectivity index (χ1v) is 12.4. The third-order valence-corrected chi connectivity index (χ3v) is 8.00. The number of esters is 1. The van der Waals surface area contributed by atoms with E-state index in [4.69, 9.17) is 4.74 Å². The van der Waals surface area contributed by atoms with Gasteiger partial charge < -0.3 is 9.30 Å². The number of carbonyl (C=O) groups excluding carboxylic acids is 3. The van der Waals surface area contributed by atoms with Crippen LogP contribution in [0.25, 0.3) is 0 Å². The van der Waals surface area contributed by atoms with Crippen molar-refractivity contribution in [1.82, 2.24) is 0 Å². The Morgan fingerprint density at radius 1 is 0.781 bits per heavy atom. The van der Waals surface area contributed by atoms with Gasteiger partial charge in [0.2, 0.25) is 18.2 Å². The molecule has 0 aromatic heterocycles. The first-order valence-electron chi connectivity index (χ1n) is 10.5. The van der Waals surface area contributed by atoms with Gasteiger partial charge in [0.25, 0.3) is 0 Å². The van der Waals surface area contributed by atoms with Crippen LogP contribution in [0.3, 0.4) is 0 Å². The van der Waals surface area contributed by atoms with E-state index < -0.39 is 24.2 Å². The molecule has 0 N–H and O–H groups in total. The van der Waals surface area contributed by atoms with Gasteiger partial charge in [0.15, 0.2) is 0 Å². The Hall–Kier alpha value is -2.78. The Bertz CT molecular complexity index is 1050. The summed E-state index contributed by atoms with van der Waals surface area (Å²) in [4.78, 5) is 39.2. The van der Waals surface area contributed by atoms with Gasteiger partial charge in [0.05, 0.1) is 6.61 Å². The summed E-state index contributed by atoms with van der Waals surface area (Å²) in [6, 6.07) is 7.33. The summed E-state index contributed by atoms with van der Waals surface area (Å²) in [5.74, 6) is -0.651. The first kappa shape index (κ1) is 25.5. The van der Waals surface area contributed by atoms with Gasteiger partial charge in [-0.05, 0) is 70.7 Å². The zero-order valence-electron chi connectivity index (χ0n) is 19.9. The quantitative estimate of drug-likeness (QED) is 0.278. The van der Waals surface area contributed by atoms with Crippen LogP contribution in [0.1, 0.15) is 61.0 Å². The van der Waals surface area contributed by atoms with Crippen molar-refractivity contribution >= 4 is 24.2 Å². The minimum absolute atomic E-state index is 0.188. The van der Waals surface area contributed by atoms with Crippen molar-refractivity contribution in [2.75, 3.05) is 12.8 Å². The van der Waals surface area contributed by atoms with Crippen molar-refractivity contribution in [2.45, 2.75) is 48.5 Å². The highest BCUT2D eigenvalue weighted by Gasteiger charge is 2.43. The maximum Gasteiger partial charge on any atom is 0.333 e. The minimum Gasteiger partial charge on any atom is -0.462 e. The molecule has 0 amide bonds. The molecule has 0 heterocycles. The maximum absolute atomic E-state index is 14.2. The largest absolute Gasteiger partial charge is 0.462 e. The fraction of sp³-hybridized carbons (Fsp3) is 0.346. The summed E-state index contributed by atoms with van der Waals surface area (Å²) in [5.41, 5.74) is 3.99. The molecule has 0 saturated heterocycles. The zero-order chi connectivity index (χ0) is 24.4. The molecular formula is C26H31O5P. The van der Waals surface area contributed by atoms with Gasteiger partial charge in [-0.1, -0.05) is 42.0 Å². The predicted molar refractivity (Wildman–Crippen MR) is 128 cm³/mol. The molecule has 0 bridgehead atoms. The van der Waals surface area contributed by atoms with Crippen LogP contribution in [-0.2, 0) is 14.1 Å². The number of hydrogen-bond acceptors (Lipinski definition) is 5. The van der Waals surface area contributed by atoms with Crippen LogP contribution in [0.2, 0.25) is 0 Å². The van der Waals surface area contributed by atoms with Gasteiger partial charge in [-0.25, -0.2) is 4.79 Å². The van der Waals surface area contributed by atoms with Crippen molar-refractivity contribution < 1.29 is 23.7 Å². The summed E-state index contributed by atoms with van der Waals surface area (Å²) in [5, 5.41) is 0. The van der Waals surface area contributed by atoms with Gasteiger partial charge in [-0.2, -0.15) is 0 Å². The normalized spacial score (nSPS) is 11.2. The van der Waals surface area contributed by atoms with Crippen LogP contribution < -0.4 is 0 Å². The number of benzene rings is 2. The summed E-state index contributed by atoms with van der Waals surface area (Å²) < 4.78 is 19.3. The number of aryl methyl sites for hydroxylation is 6. The SMILES string of the molecule is C=C(C)C(=O)OCCP(=O)(C(=O)c1c(C)cc(C)cc1C)C(=O)c1c(C)cc(C)cc1C. The Labute approximate surface area is 190 Å². The molecule has 0 saturated carbocycles. The highest BCUT2D eigenvalue weighted by Crippen LogP contribution is 2.53. The smallest absolute Gasteiger partial charge is 0.333 e. The topological polar surface area (TPSA) is 77.5 Å². The fourth-order valence-corrected chi connectivity index (χ4v) is 6.45. The van der Waals surface area contributed by atoms with Crippen LogP contribution in [-0.4, -0.2) is 29.8 Å². The van der Waals surface area contributed by atoms with Gasteiger partial charge in [-0.3, -0.25) is 9.59 Å². The molecule has 0 atom stereocenters. The van der Waals surface area contributed by atoms with E-state index in [0.29, 0.717) is 33.4 Å². The third kappa shape index (κ3) is 5.16. The van der Waals surface area contributed by atoms with E-state index in [1.165, 1.54) is 6.92 Å². The number of hydrogen-bond donors (Lipinski definition) is 0. The van der Waals surface area contributed by atoms with Crippen LogP contribution in [0.15, 0.2) is 36.4 Å². The molecule has 0 aliphatic heterocycles. The third-order valence-electron chi connectivity index (χ3n) is 5.43. The van der Waals surface area contributed by atoms with E-state index in [1.807, 2.05) is 38.1 Å². The summed E-state index contributed by atoms with van der Waals surface area (Å²) >= 11 is 0. The zero-order valence-corrected chi connectivity index (χ0v) is 20.8. The summed E-state index contributed by atoms with van der Waals surface area (Å²) in [6.45, 7) is 15.6. The molecule has 2 aromatic carbocycles. The number of carbonyl (C=O) groups is 3. The lowest BCUT2D eigenvalue weighted by atomic mass is 10.0. The minimum atomic E-state index is -4.15. The highest BCUT2D eigenvalue weighted by atomic mass is 31.2. The Kier molecular flexibility index (Phi) is 7.79. The lowest BCUT2D eigenvalue weighted by Gasteiger charge is -2.21. The van der Waals surface area contributed by atoms with Crippen molar-refractivity contribution in [3.05, 3.63) is 80.9 Å². The van der Waals surface area contributed by atoms with Crippen LogP contribution >= 0.6 is 7.14 Å². The molecule has 170 valence electrons. The van der Waals surface area contributed by atoms with Crippen molar-refractivity contribution in [2.24, 2.45) is 0 Å². The van der Waals surface area contributed by atoms with Crippen LogP contribution in [0, 0.1) is 41.5 Å². The molecular weight excluding hydrogens is 423 g/mol. The van der Waals surface area contributed by atoms with Gasteiger partial charge in [0, 0.05) is 22.9 Å². The molecule has 2 aromatic rings. The fourth-order valence-electron chi connectivity index (χ4n) is 4.08. The van der Waals surface area contributed by atoms with Crippen LogP contribution in [0.4, 0.5) is 0 Å². The molecule has 6 heteroatoms. The highest BCUT2D eigenvalue weighted by molar-refractivity contribution is 7.95. The molecule has 0 spiro atoms.